The normalized spacial score (nSPS) is 10.8. The second kappa shape index (κ2) is 13.5. The van der Waals surface area contributed by atoms with Gasteiger partial charge < -0.3 is 31.9 Å². The van der Waals surface area contributed by atoms with Crippen molar-refractivity contribution in [2.45, 2.75) is 13.3 Å². The second-order valence-electron chi connectivity index (χ2n) is 8.60. The molecule has 0 saturated carbocycles. The maximum absolute atomic E-state index is 13.2. The molecule has 0 unspecified atom stereocenters. The van der Waals surface area contributed by atoms with Crippen LogP contribution < -0.4 is 27.0 Å². The van der Waals surface area contributed by atoms with Gasteiger partial charge in [0.05, 0.1) is 11.4 Å². The second-order valence-corrected chi connectivity index (χ2v) is 8.60. The largest absolute Gasteiger partial charge is 0.369 e. The molecule has 11 nitrogen and oxygen atoms in total. The fourth-order valence-corrected chi connectivity index (χ4v) is 3.27. The summed E-state index contributed by atoms with van der Waals surface area (Å²) in [5.41, 5.74) is 7.46. The molecule has 0 aliphatic rings. The van der Waals surface area contributed by atoms with Crippen LogP contribution in [-0.2, 0) is 4.79 Å². The Morgan fingerprint density at radius 1 is 1.00 bits per heavy atom. The number of para-hydroxylation sites is 2. The maximum atomic E-state index is 13.2. The van der Waals surface area contributed by atoms with Gasteiger partial charge in [-0.3, -0.25) is 14.4 Å². The summed E-state index contributed by atoms with van der Waals surface area (Å²) in [4.78, 5) is 47.5. The van der Waals surface area contributed by atoms with E-state index in [0.29, 0.717) is 41.5 Å². The van der Waals surface area contributed by atoms with E-state index in [0.717, 1.165) is 6.42 Å². The van der Waals surface area contributed by atoms with Gasteiger partial charge in [-0.1, -0.05) is 25.1 Å². The lowest BCUT2D eigenvalue weighted by Gasteiger charge is -2.15. The summed E-state index contributed by atoms with van der Waals surface area (Å²) in [6, 6.07) is 13.5. The Bertz CT molecular complexity index is 1310. The van der Waals surface area contributed by atoms with Gasteiger partial charge >= 0.3 is 0 Å². The molecule has 2 aromatic carbocycles. The Morgan fingerprint density at radius 2 is 1.68 bits per heavy atom. The monoisotopic (exact) mass is 516 g/mol. The van der Waals surface area contributed by atoms with E-state index < -0.39 is 11.8 Å². The number of amides is 3. The molecule has 6 N–H and O–H groups in total. The number of likely N-dealkylation sites (N-methyl/N-ethyl adjacent to an activating group) is 1. The number of hydrogen-bond acceptors (Lipinski definition) is 8. The minimum absolute atomic E-state index is 0.236. The fraction of sp³-hybridized carbons (Fsp3) is 0.222. The predicted octanol–water partition coefficient (Wildman–Crippen LogP) is 3.45. The molecule has 0 radical (unpaired) electrons. The molecule has 0 spiro atoms. The topological polar surface area (TPSA) is 154 Å². The number of aromatic nitrogens is 2. The highest BCUT2D eigenvalue weighted by Gasteiger charge is 2.17. The van der Waals surface area contributed by atoms with E-state index in [-0.39, 0.29) is 17.4 Å². The van der Waals surface area contributed by atoms with E-state index in [4.69, 9.17) is 5.73 Å². The van der Waals surface area contributed by atoms with Crippen molar-refractivity contribution in [3.8, 4) is 0 Å². The van der Waals surface area contributed by atoms with Crippen LogP contribution in [0.2, 0.25) is 0 Å². The zero-order valence-corrected chi connectivity index (χ0v) is 21.6. The molecule has 38 heavy (non-hydrogen) atoms. The molecule has 0 fully saturated rings. The van der Waals surface area contributed by atoms with Crippen LogP contribution in [0.15, 0.2) is 66.9 Å². The zero-order valence-electron chi connectivity index (χ0n) is 21.6. The van der Waals surface area contributed by atoms with Crippen molar-refractivity contribution in [1.29, 1.82) is 0 Å². The van der Waals surface area contributed by atoms with Crippen molar-refractivity contribution in [2.24, 2.45) is 5.73 Å². The van der Waals surface area contributed by atoms with E-state index in [1.807, 2.05) is 25.9 Å². The van der Waals surface area contributed by atoms with Crippen molar-refractivity contribution in [3.63, 3.8) is 0 Å². The molecule has 0 saturated heterocycles. The Labute approximate surface area is 221 Å². The SMILES string of the molecule is CCCNc1nc(Nc2ccc(C(N)=O)cc2)ncc1C(=O)Nc1ccccc1NC(=O)C=CCN(C)C. The lowest BCUT2D eigenvalue weighted by atomic mass is 10.2. The first-order valence-electron chi connectivity index (χ1n) is 12.1. The summed E-state index contributed by atoms with van der Waals surface area (Å²) in [6.07, 6.45) is 5.44. The van der Waals surface area contributed by atoms with Crippen LogP contribution in [0.25, 0.3) is 0 Å². The van der Waals surface area contributed by atoms with Crippen LogP contribution in [-0.4, -0.2) is 59.8 Å². The number of anilines is 5. The Hall–Kier alpha value is -4.77. The van der Waals surface area contributed by atoms with Gasteiger partial charge in [0.25, 0.3) is 5.91 Å². The van der Waals surface area contributed by atoms with E-state index >= 15 is 0 Å². The molecule has 3 rings (SSSR count). The van der Waals surface area contributed by atoms with Gasteiger partial charge in [-0.15, -0.1) is 0 Å². The van der Waals surface area contributed by atoms with E-state index in [1.54, 1.807) is 54.6 Å². The van der Waals surface area contributed by atoms with Crippen molar-refractivity contribution in [3.05, 3.63) is 78.0 Å². The van der Waals surface area contributed by atoms with Crippen molar-refractivity contribution in [2.75, 3.05) is 48.5 Å². The summed E-state index contributed by atoms with van der Waals surface area (Å²) in [5.74, 6) is -0.642. The van der Waals surface area contributed by atoms with Gasteiger partial charge in [-0.25, -0.2) is 4.98 Å². The van der Waals surface area contributed by atoms with Crippen LogP contribution in [0.3, 0.4) is 0 Å². The number of rotatable bonds is 12. The number of carbonyl (C=O) groups excluding carboxylic acids is 3. The molecule has 11 heteroatoms. The lowest BCUT2D eigenvalue weighted by Crippen LogP contribution is -2.19. The highest BCUT2D eigenvalue weighted by Crippen LogP contribution is 2.24. The number of nitrogens with zero attached hydrogens (tertiary/aromatic N) is 3. The van der Waals surface area contributed by atoms with Crippen LogP contribution >= 0.6 is 0 Å². The number of hydrogen-bond donors (Lipinski definition) is 5. The Morgan fingerprint density at radius 3 is 2.32 bits per heavy atom. The van der Waals surface area contributed by atoms with Gasteiger partial charge in [0.2, 0.25) is 17.8 Å². The molecule has 0 aliphatic carbocycles. The van der Waals surface area contributed by atoms with Crippen LogP contribution in [0.1, 0.15) is 34.1 Å². The number of primary amides is 1. The first-order chi connectivity index (χ1) is 18.3. The van der Waals surface area contributed by atoms with Gasteiger partial charge in [-0.05, 0) is 56.9 Å². The fourth-order valence-electron chi connectivity index (χ4n) is 3.27. The molecule has 3 amide bonds. The summed E-state index contributed by atoms with van der Waals surface area (Å²) in [6.45, 7) is 3.22. The van der Waals surface area contributed by atoms with E-state index in [2.05, 4.69) is 31.2 Å². The summed E-state index contributed by atoms with van der Waals surface area (Å²) in [5, 5.41) is 11.8. The van der Waals surface area contributed by atoms with E-state index in [1.165, 1.54) is 12.3 Å². The molecule has 198 valence electrons. The minimum atomic E-state index is -0.517. The van der Waals surface area contributed by atoms with Crippen molar-refractivity contribution in [1.82, 2.24) is 14.9 Å². The van der Waals surface area contributed by atoms with Crippen molar-refractivity contribution < 1.29 is 14.4 Å². The standard InChI is InChI=1S/C27H32N8O3/c1-4-15-29-25-20(17-30-27(34-25)31-19-13-11-18(12-14-19)24(28)37)26(38)33-22-9-6-5-8-21(22)32-23(36)10-7-16-35(2)3/h5-14,17H,4,15-16H2,1-3H3,(H2,28,37)(H,32,36)(H,33,38)(H2,29,30,31,34). The summed E-state index contributed by atoms with van der Waals surface area (Å²) < 4.78 is 0. The third-order valence-corrected chi connectivity index (χ3v) is 5.17. The van der Waals surface area contributed by atoms with Crippen LogP contribution in [0, 0.1) is 0 Å². The average molecular weight is 517 g/mol. The molecular formula is C27H32N8O3. The molecule has 0 bridgehead atoms. The number of carbonyl (C=O) groups is 3. The van der Waals surface area contributed by atoms with Crippen LogP contribution in [0.5, 0.6) is 0 Å². The Balaban J connectivity index is 1.78. The molecule has 1 heterocycles. The Kier molecular flexibility index (Phi) is 9.89. The first-order valence-corrected chi connectivity index (χ1v) is 12.1. The number of benzene rings is 2. The minimum Gasteiger partial charge on any atom is -0.369 e. The highest BCUT2D eigenvalue weighted by molar-refractivity contribution is 6.10. The highest BCUT2D eigenvalue weighted by atomic mass is 16.2. The third kappa shape index (κ3) is 8.14. The lowest BCUT2D eigenvalue weighted by molar-refractivity contribution is -0.111. The van der Waals surface area contributed by atoms with Gasteiger partial charge in [0.15, 0.2) is 0 Å². The zero-order chi connectivity index (χ0) is 27.5. The third-order valence-electron chi connectivity index (χ3n) is 5.17. The summed E-state index contributed by atoms with van der Waals surface area (Å²) in [7, 11) is 3.82. The predicted molar refractivity (Wildman–Crippen MR) is 150 cm³/mol. The smallest absolute Gasteiger partial charge is 0.261 e. The van der Waals surface area contributed by atoms with E-state index in [9.17, 15) is 14.4 Å². The van der Waals surface area contributed by atoms with Gasteiger partial charge in [0, 0.05) is 36.6 Å². The summed E-state index contributed by atoms with van der Waals surface area (Å²) >= 11 is 0. The quantitative estimate of drug-likeness (QED) is 0.229. The number of nitrogens with one attached hydrogen (secondary N) is 4. The molecule has 3 aromatic rings. The maximum Gasteiger partial charge on any atom is 0.261 e. The molecule has 0 atom stereocenters. The first kappa shape index (κ1) is 27.8. The number of nitrogens with two attached hydrogens (primary N) is 1. The average Bonchev–Trinajstić information content (AvgIpc) is 2.88. The molecular weight excluding hydrogens is 484 g/mol. The van der Waals surface area contributed by atoms with Gasteiger partial charge in [-0.2, -0.15) is 4.98 Å². The van der Waals surface area contributed by atoms with Crippen molar-refractivity contribution >= 4 is 46.5 Å². The molecule has 0 aliphatic heterocycles. The van der Waals surface area contributed by atoms with Crippen LogP contribution in [0.4, 0.5) is 28.8 Å². The molecule has 1 aromatic heterocycles. The van der Waals surface area contributed by atoms with Gasteiger partial charge in [0.1, 0.15) is 11.4 Å².